The van der Waals surface area contributed by atoms with Crippen LogP contribution >= 0.6 is 0 Å². The summed E-state index contributed by atoms with van der Waals surface area (Å²) in [7, 11) is 0. The molecule has 1 saturated heterocycles. The van der Waals surface area contributed by atoms with Gasteiger partial charge in [0.2, 0.25) is 5.91 Å². The highest BCUT2D eigenvalue weighted by Crippen LogP contribution is 2.24. The number of carbonyl (C=O) groups is 1. The molecule has 0 spiro atoms. The zero-order valence-electron chi connectivity index (χ0n) is 16.2. The van der Waals surface area contributed by atoms with E-state index in [0.717, 1.165) is 16.8 Å². The number of benzene rings is 2. The number of nitrogens with one attached hydrogen (secondary N) is 2. The van der Waals surface area contributed by atoms with Crippen molar-refractivity contribution in [2.24, 2.45) is 0 Å². The zero-order valence-corrected chi connectivity index (χ0v) is 16.2. The topological polar surface area (TPSA) is 57.4 Å². The fourth-order valence-corrected chi connectivity index (χ4v) is 3.73. The highest BCUT2D eigenvalue weighted by Gasteiger charge is 2.16. The Bertz CT molecular complexity index is 1040. The van der Waals surface area contributed by atoms with Crippen LogP contribution in [0, 0.1) is 18.6 Å². The van der Waals surface area contributed by atoms with Crippen LogP contribution in [0.2, 0.25) is 0 Å². The van der Waals surface area contributed by atoms with E-state index in [2.05, 4.69) is 10.3 Å². The number of aryl methyl sites for hydroxylation is 1. The fourth-order valence-electron chi connectivity index (χ4n) is 3.73. The van der Waals surface area contributed by atoms with Gasteiger partial charge in [0, 0.05) is 36.2 Å². The molecule has 2 N–H and O–H groups in total. The molecule has 0 radical (unpaired) electrons. The van der Waals surface area contributed by atoms with Gasteiger partial charge in [-0.2, -0.15) is 0 Å². The summed E-state index contributed by atoms with van der Waals surface area (Å²) in [6, 6.07) is 9.50. The molecule has 0 unspecified atom stereocenters. The summed E-state index contributed by atoms with van der Waals surface area (Å²) < 4.78 is 33.4. The number of H-pyrrole nitrogens is 1. The van der Waals surface area contributed by atoms with Crippen molar-refractivity contribution < 1.29 is 18.3 Å². The summed E-state index contributed by atoms with van der Waals surface area (Å²) in [6.45, 7) is 4.60. The Hall–Kier alpha value is -2.93. The van der Waals surface area contributed by atoms with Crippen LogP contribution in [0.5, 0.6) is 0 Å². The van der Waals surface area contributed by atoms with Gasteiger partial charge in [-0.3, -0.25) is 4.79 Å². The molecule has 29 heavy (non-hydrogen) atoms. The van der Waals surface area contributed by atoms with E-state index in [1.165, 1.54) is 18.2 Å². The molecule has 1 aliphatic heterocycles. The SMILES string of the molecule is Cc1[nH]c2ccc(F)cc2c1CC(=O)NCc1ccc(N2CCOCC2)c(F)c1. The van der Waals surface area contributed by atoms with Gasteiger partial charge >= 0.3 is 0 Å². The van der Waals surface area contributed by atoms with Crippen LogP contribution in [-0.4, -0.2) is 37.2 Å². The molecule has 1 fully saturated rings. The van der Waals surface area contributed by atoms with Crippen molar-refractivity contribution in [3.05, 3.63) is 64.9 Å². The summed E-state index contributed by atoms with van der Waals surface area (Å²) in [5.74, 6) is -0.841. The highest BCUT2D eigenvalue weighted by molar-refractivity contribution is 5.90. The lowest BCUT2D eigenvalue weighted by Gasteiger charge is -2.29. The predicted molar refractivity (Wildman–Crippen MR) is 108 cm³/mol. The number of morpholine rings is 1. The second-order valence-corrected chi connectivity index (χ2v) is 7.26. The predicted octanol–water partition coefficient (Wildman–Crippen LogP) is 3.45. The van der Waals surface area contributed by atoms with Crippen LogP contribution in [0.15, 0.2) is 36.4 Å². The molecule has 2 aromatic carbocycles. The van der Waals surface area contributed by atoms with Crippen LogP contribution in [0.1, 0.15) is 16.8 Å². The van der Waals surface area contributed by atoms with Gasteiger partial charge in [-0.15, -0.1) is 0 Å². The Kier molecular flexibility index (Phi) is 5.49. The van der Waals surface area contributed by atoms with Crippen molar-refractivity contribution in [2.45, 2.75) is 19.9 Å². The van der Waals surface area contributed by atoms with Crippen LogP contribution in [0.4, 0.5) is 14.5 Å². The molecule has 0 aliphatic carbocycles. The molecule has 152 valence electrons. The molecule has 2 heterocycles. The van der Waals surface area contributed by atoms with Crippen LogP contribution in [0.25, 0.3) is 10.9 Å². The molecule has 0 atom stereocenters. The lowest BCUT2D eigenvalue weighted by molar-refractivity contribution is -0.120. The maximum Gasteiger partial charge on any atom is 0.224 e. The highest BCUT2D eigenvalue weighted by atomic mass is 19.1. The monoisotopic (exact) mass is 399 g/mol. The minimum absolute atomic E-state index is 0.129. The van der Waals surface area contributed by atoms with Crippen molar-refractivity contribution in [2.75, 3.05) is 31.2 Å². The van der Waals surface area contributed by atoms with Gasteiger partial charge in [-0.25, -0.2) is 8.78 Å². The van der Waals surface area contributed by atoms with Gasteiger partial charge in [0.1, 0.15) is 11.6 Å². The molecule has 7 heteroatoms. The van der Waals surface area contributed by atoms with Crippen molar-refractivity contribution in [3.8, 4) is 0 Å². The Morgan fingerprint density at radius 2 is 1.97 bits per heavy atom. The molecule has 1 aromatic heterocycles. The number of hydrogen-bond acceptors (Lipinski definition) is 3. The van der Waals surface area contributed by atoms with E-state index in [1.807, 2.05) is 17.9 Å². The number of anilines is 1. The van der Waals surface area contributed by atoms with E-state index < -0.39 is 0 Å². The van der Waals surface area contributed by atoms with Crippen molar-refractivity contribution in [3.63, 3.8) is 0 Å². The molecular weight excluding hydrogens is 376 g/mol. The standard InChI is InChI=1S/C22H23F2N3O2/c1-14-17(18-11-16(23)3-4-20(18)26-14)12-22(28)25-13-15-2-5-21(19(24)10-15)27-6-8-29-9-7-27/h2-5,10-11,26H,6-9,12-13H2,1H3,(H,25,28). The summed E-state index contributed by atoms with van der Waals surface area (Å²) >= 11 is 0. The number of rotatable bonds is 5. The van der Waals surface area contributed by atoms with E-state index in [-0.39, 0.29) is 30.5 Å². The van der Waals surface area contributed by atoms with E-state index in [9.17, 15) is 13.6 Å². The number of fused-ring (bicyclic) bond motifs is 1. The number of nitrogens with zero attached hydrogens (tertiary/aromatic N) is 1. The minimum atomic E-state index is -0.339. The van der Waals surface area contributed by atoms with Gasteiger partial charge in [-0.05, 0) is 48.4 Å². The zero-order chi connectivity index (χ0) is 20.4. The first-order valence-electron chi connectivity index (χ1n) is 9.66. The number of aromatic nitrogens is 1. The summed E-state index contributed by atoms with van der Waals surface area (Å²) in [5, 5.41) is 3.53. The van der Waals surface area contributed by atoms with E-state index in [4.69, 9.17) is 4.74 Å². The first-order valence-corrected chi connectivity index (χ1v) is 9.66. The number of hydrogen-bond donors (Lipinski definition) is 2. The van der Waals surface area contributed by atoms with E-state index >= 15 is 0 Å². The smallest absolute Gasteiger partial charge is 0.224 e. The Labute approximate surface area is 167 Å². The maximum absolute atomic E-state index is 14.5. The molecule has 1 aliphatic rings. The molecular formula is C22H23F2N3O2. The maximum atomic E-state index is 14.5. The second kappa shape index (κ2) is 8.21. The average molecular weight is 399 g/mol. The Balaban J connectivity index is 1.40. The van der Waals surface area contributed by atoms with Crippen LogP contribution < -0.4 is 10.2 Å². The van der Waals surface area contributed by atoms with Gasteiger partial charge in [0.05, 0.1) is 25.3 Å². The third kappa shape index (κ3) is 4.24. The van der Waals surface area contributed by atoms with Crippen LogP contribution in [-0.2, 0) is 22.5 Å². The third-order valence-corrected chi connectivity index (χ3v) is 5.27. The number of halogens is 2. The number of carbonyl (C=O) groups excluding carboxylic acids is 1. The Morgan fingerprint density at radius 3 is 2.72 bits per heavy atom. The summed E-state index contributed by atoms with van der Waals surface area (Å²) in [5.41, 5.74) is 3.65. The molecule has 5 nitrogen and oxygen atoms in total. The molecule has 3 aromatic rings. The third-order valence-electron chi connectivity index (χ3n) is 5.27. The Morgan fingerprint density at radius 1 is 1.17 bits per heavy atom. The normalized spacial score (nSPS) is 14.4. The molecule has 0 bridgehead atoms. The minimum Gasteiger partial charge on any atom is -0.378 e. The van der Waals surface area contributed by atoms with E-state index in [0.29, 0.717) is 42.9 Å². The second-order valence-electron chi connectivity index (χ2n) is 7.26. The first kappa shape index (κ1) is 19.4. The van der Waals surface area contributed by atoms with Gasteiger partial charge in [-0.1, -0.05) is 6.07 Å². The average Bonchev–Trinajstić information content (AvgIpc) is 3.02. The van der Waals surface area contributed by atoms with Crippen molar-refractivity contribution in [1.82, 2.24) is 10.3 Å². The summed E-state index contributed by atoms with van der Waals surface area (Å²) in [4.78, 5) is 17.6. The van der Waals surface area contributed by atoms with Crippen molar-refractivity contribution in [1.29, 1.82) is 0 Å². The molecule has 1 amide bonds. The number of ether oxygens (including phenoxy) is 1. The fraction of sp³-hybridized carbons (Fsp3) is 0.318. The van der Waals surface area contributed by atoms with E-state index in [1.54, 1.807) is 12.1 Å². The lowest BCUT2D eigenvalue weighted by Crippen LogP contribution is -2.36. The largest absolute Gasteiger partial charge is 0.378 e. The summed E-state index contributed by atoms with van der Waals surface area (Å²) in [6.07, 6.45) is 0.129. The van der Waals surface area contributed by atoms with Gasteiger partial charge in [0.25, 0.3) is 0 Å². The van der Waals surface area contributed by atoms with Crippen LogP contribution in [0.3, 0.4) is 0 Å². The quantitative estimate of drug-likeness (QED) is 0.691. The molecule has 4 rings (SSSR count). The van der Waals surface area contributed by atoms with Gasteiger partial charge < -0.3 is 19.9 Å². The van der Waals surface area contributed by atoms with Gasteiger partial charge in [0.15, 0.2) is 0 Å². The number of amides is 1. The molecule has 0 saturated carbocycles. The van der Waals surface area contributed by atoms with Crippen molar-refractivity contribution >= 4 is 22.5 Å². The lowest BCUT2D eigenvalue weighted by atomic mass is 10.1. The number of aromatic amines is 1. The first-order chi connectivity index (χ1) is 14.0.